The molecule has 0 aliphatic heterocycles. The third kappa shape index (κ3) is 25.1. The molecule has 0 fully saturated rings. The van der Waals surface area contributed by atoms with Crippen molar-refractivity contribution in [1.29, 1.82) is 0 Å². The Labute approximate surface area is 285 Å². The quantitative estimate of drug-likeness (QED) is 0.0989. The largest absolute Gasteiger partial charge is 1.00 e. The van der Waals surface area contributed by atoms with E-state index in [4.69, 9.17) is 10.6 Å². The van der Waals surface area contributed by atoms with Crippen LogP contribution in [0, 0.1) is 0 Å². The van der Waals surface area contributed by atoms with E-state index in [-0.39, 0.29) is 69.4 Å². The molecule has 0 aliphatic rings. The Bertz CT molecular complexity index is 411. The van der Waals surface area contributed by atoms with Crippen molar-refractivity contribution in [3.05, 3.63) is 10.6 Å². The first-order chi connectivity index (χ1) is 17.5. The third-order valence-electron chi connectivity index (χ3n) is 7.77. The van der Waals surface area contributed by atoms with Gasteiger partial charge in [-0.3, -0.25) is 0 Å². The predicted octanol–water partition coefficient (Wildman–Crippen LogP) is 5.39. The second-order valence-corrected chi connectivity index (χ2v) is 28.5. The molecule has 8 heteroatoms. The Balaban J connectivity index is -0.000000309. The van der Waals surface area contributed by atoms with Gasteiger partial charge >= 0.3 is 37.7 Å². The van der Waals surface area contributed by atoms with Crippen molar-refractivity contribution in [2.24, 2.45) is 0 Å². The van der Waals surface area contributed by atoms with E-state index >= 15 is 0 Å². The van der Waals surface area contributed by atoms with Crippen LogP contribution in [0.5, 0.6) is 0 Å². The Morgan fingerprint density at radius 2 is 0.625 bits per heavy atom. The van der Waals surface area contributed by atoms with Crippen LogP contribution in [0.3, 0.4) is 0 Å². The van der Waals surface area contributed by atoms with Crippen LogP contribution in [0.2, 0.25) is 0 Å². The molecule has 0 saturated heterocycles. The molecular weight excluding hydrogens is 550 g/mol. The fourth-order valence-electron chi connectivity index (χ4n) is 5.73. The van der Waals surface area contributed by atoms with Gasteiger partial charge in [0.15, 0.2) is 0 Å². The van der Waals surface area contributed by atoms with E-state index in [9.17, 15) is 0 Å². The zero-order chi connectivity index (χ0) is 30.0. The van der Waals surface area contributed by atoms with Gasteiger partial charge in [0.2, 0.25) is 0 Å². The minimum absolute atomic E-state index is 0. The second kappa shape index (κ2) is 29.3. The Morgan fingerprint density at radius 3 is 0.825 bits per heavy atom. The van der Waals surface area contributed by atoms with E-state index in [2.05, 4.69) is 111 Å². The van der Waals surface area contributed by atoms with E-state index < -0.39 is 0 Å². The minimum Gasteiger partial charge on any atom is -0.662 e. The summed E-state index contributed by atoms with van der Waals surface area (Å²) in [6.45, 7) is 42.6. The van der Waals surface area contributed by atoms with Gasteiger partial charge in [0.25, 0.3) is 0 Å². The summed E-state index contributed by atoms with van der Waals surface area (Å²) >= 11 is 0. The number of hydrogen-bond acceptors (Lipinski definition) is 0. The van der Waals surface area contributed by atoms with Crippen LogP contribution in [0.4, 0.5) is 0 Å². The third-order valence-corrected chi connectivity index (χ3v) is 22.0. The van der Waals surface area contributed by atoms with Gasteiger partial charge in [-0.05, 0) is 78.0 Å². The first kappa shape index (κ1) is 49.7. The van der Waals surface area contributed by atoms with Crippen LogP contribution < -0.4 is 37.7 Å². The number of hydrogen-bond donors (Lipinski definition) is 0. The van der Waals surface area contributed by atoms with Crippen molar-refractivity contribution in [2.75, 3.05) is 50.8 Å². The van der Waals surface area contributed by atoms with Crippen LogP contribution >= 0.6 is 31.7 Å². The molecule has 0 saturated carbocycles. The monoisotopic (exact) mass is 625 g/mol. The summed E-state index contributed by atoms with van der Waals surface area (Å²) in [5.41, 5.74) is 7.00. The SMILES string of the molecule is CC(C)P(CC[N-]CCP(C(C)C)C(C)C)C(C)C.CC(C)[PH+](CC[N-]CC[PH+](C(C)C)C(C)C)C(C)C.[Li+].[Li+]. The molecule has 0 aromatic rings. The summed E-state index contributed by atoms with van der Waals surface area (Å²) in [6.07, 6.45) is 5.44. The van der Waals surface area contributed by atoms with Crippen LogP contribution in [-0.4, -0.2) is 96.1 Å². The fraction of sp³-hybridized carbons (Fsp3) is 1.00. The normalized spacial score (nSPS) is 12.3. The summed E-state index contributed by atoms with van der Waals surface area (Å²) in [5.74, 6) is 0. The first-order valence-electron chi connectivity index (χ1n) is 16.0. The Morgan fingerprint density at radius 1 is 0.400 bits per heavy atom. The molecule has 0 bridgehead atoms. The molecule has 0 heterocycles. The zero-order valence-corrected chi connectivity index (χ0v) is 34.9. The van der Waals surface area contributed by atoms with E-state index in [1.807, 2.05) is 0 Å². The Hall–Kier alpha value is 2.83. The summed E-state index contributed by atoms with van der Waals surface area (Å²) in [7, 11) is -0.0414. The van der Waals surface area contributed by atoms with E-state index in [0.717, 1.165) is 71.5 Å². The van der Waals surface area contributed by atoms with E-state index in [1.165, 1.54) is 24.6 Å². The maximum atomic E-state index is 4.83. The Kier molecular flexibility index (Phi) is 36.4. The van der Waals surface area contributed by atoms with Gasteiger partial charge in [-0.25, -0.2) is 0 Å². The molecule has 0 atom stereocenters. The molecule has 0 aliphatic carbocycles. The first-order valence-corrected chi connectivity index (χ1v) is 23.1. The van der Waals surface area contributed by atoms with Crippen molar-refractivity contribution in [1.82, 2.24) is 0 Å². The minimum atomic E-state index is -0.197. The van der Waals surface area contributed by atoms with E-state index in [0.29, 0.717) is 0 Å². The van der Waals surface area contributed by atoms with Gasteiger partial charge in [0.05, 0.1) is 22.6 Å². The smallest absolute Gasteiger partial charge is 0.662 e. The van der Waals surface area contributed by atoms with Gasteiger partial charge in [0.1, 0.15) is 0 Å². The molecule has 0 aromatic carbocycles. The second-order valence-electron chi connectivity index (χ2n) is 13.5. The van der Waals surface area contributed by atoms with Crippen LogP contribution in [-0.2, 0) is 0 Å². The fourth-order valence-corrected chi connectivity index (χ4v) is 16.7. The molecular formula is C32H74Li2N2P4+2. The van der Waals surface area contributed by atoms with Crippen molar-refractivity contribution in [2.45, 2.75) is 156 Å². The van der Waals surface area contributed by atoms with Crippen molar-refractivity contribution < 1.29 is 37.7 Å². The van der Waals surface area contributed by atoms with Gasteiger partial charge in [0, 0.05) is 28.2 Å². The maximum Gasteiger partial charge on any atom is 1.00 e. The van der Waals surface area contributed by atoms with Crippen LogP contribution in [0.25, 0.3) is 10.6 Å². The molecule has 232 valence electrons. The standard InChI is InChI=1S/2C16H36NP2.2Li/c2*1-13(2)18(14(3)4)11-9-17-10-12-19(15(5)6)16(7)8;;/h2*13-16H,9-12H2,1-8H3;;/q2*-1;2*+1/p+2. The molecule has 0 spiro atoms. The average molecular weight is 625 g/mol. The molecule has 0 amide bonds. The van der Waals surface area contributed by atoms with Gasteiger partial charge < -0.3 is 10.6 Å². The molecule has 2 nitrogen and oxygen atoms in total. The van der Waals surface area contributed by atoms with Crippen LogP contribution in [0.1, 0.15) is 111 Å². The molecule has 0 unspecified atom stereocenters. The summed E-state index contributed by atoms with van der Waals surface area (Å²) in [6, 6.07) is 0. The molecule has 0 radical (unpaired) electrons. The summed E-state index contributed by atoms with van der Waals surface area (Å²) < 4.78 is 0. The molecule has 0 N–H and O–H groups in total. The van der Waals surface area contributed by atoms with Gasteiger partial charge in [-0.15, -0.1) is 42.0 Å². The molecule has 0 aromatic heterocycles. The average Bonchev–Trinajstić information content (AvgIpc) is 2.76. The van der Waals surface area contributed by atoms with Crippen molar-refractivity contribution >= 4 is 31.7 Å². The summed E-state index contributed by atoms with van der Waals surface area (Å²) in [5, 5.41) is 9.64. The summed E-state index contributed by atoms with van der Waals surface area (Å²) in [4.78, 5) is 0. The van der Waals surface area contributed by atoms with E-state index in [1.54, 1.807) is 0 Å². The topological polar surface area (TPSA) is 28.2 Å². The number of nitrogens with zero attached hydrogens (tertiary/aromatic N) is 2. The maximum absolute atomic E-state index is 4.83. The molecule has 40 heavy (non-hydrogen) atoms. The van der Waals surface area contributed by atoms with Gasteiger partial charge in [-0.1, -0.05) is 67.7 Å². The van der Waals surface area contributed by atoms with Crippen molar-refractivity contribution in [3.8, 4) is 0 Å². The van der Waals surface area contributed by atoms with Gasteiger partial charge in [-0.2, -0.15) is 0 Å². The predicted molar refractivity (Wildman–Crippen MR) is 197 cm³/mol. The number of rotatable bonds is 20. The van der Waals surface area contributed by atoms with Crippen molar-refractivity contribution in [3.63, 3.8) is 0 Å². The zero-order valence-electron chi connectivity index (χ0n) is 31.1. The molecule has 0 rings (SSSR count). The van der Waals surface area contributed by atoms with Crippen LogP contribution in [0.15, 0.2) is 0 Å².